The van der Waals surface area contributed by atoms with Crippen molar-refractivity contribution in [1.29, 1.82) is 0 Å². The van der Waals surface area contributed by atoms with E-state index in [-0.39, 0.29) is 18.5 Å². The molecule has 1 N–H and O–H groups in total. The van der Waals surface area contributed by atoms with Crippen molar-refractivity contribution in [2.45, 2.75) is 57.0 Å². The minimum absolute atomic E-state index is 0.177. The van der Waals surface area contributed by atoms with Gasteiger partial charge in [-0.1, -0.05) is 24.3 Å². The third kappa shape index (κ3) is 3.86. The van der Waals surface area contributed by atoms with Gasteiger partial charge in [-0.15, -0.1) is 0 Å². The van der Waals surface area contributed by atoms with Crippen LogP contribution in [0.4, 0.5) is 4.79 Å². The number of amides is 4. The molecule has 2 fully saturated rings. The van der Waals surface area contributed by atoms with E-state index in [2.05, 4.69) is 11.4 Å². The summed E-state index contributed by atoms with van der Waals surface area (Å²) in [5.74, 6) is 0.177. The highest BCUT2D eigenvalue weighted by Gasteiger charge is 2.50. The Kier molecular flexibility index (Phi) is 5.35. The first-order chi connectivity index (χ1) is 15.9. The number of urea groups is 1. The number of allylic oxidation sites excluding steroid dienone is 2. The van der Waals surface area contributed by atoms with E-state index in [1.54, 1.807) is 14.0 Å². The summed E-state index contributed by atoms with van der Waals surface area (Å²) in [7, 11) is 1.62. The van der Waals surface area contributed by atoms with Gasteiger partial charge in [-0.05, 0) is 80.0 Å². The van der Waals surface area contributed by atoms with Gasteiger partial charge < -0.3 is 15.0 Å². The number of ether oxygens (including phenoxy) is 1. The fourth-order valence-corrected chi connectivity index (χ4v) is 4.88. The molecule has 1 atom stereocenters. The standard InChI is InChI=1S/C26H29N3O4/c1-26(19-10-8-18-15-22(33-2)13-9-17(18)14-19)24(31)28(25(32)27-26)16-23(30)29(21-11-12-21)20-6-4-3-5-7-20/h6,8-10,13-15,21H,3-5,7,11-12,16H2,1-2H3,(H,27,32). The Bertz CT molecular complexity index is 1170. The molecule has 1 unspecified atom stereocenters. The SMILES string of the molecule is COc1ccc2cc(C3(C)NC(=O)N(CC(=O)N(C4=CCCCC4)C4CC4)C3=O)ccc2c1. The lowest BCUT2D eigenvalue weighted by Gasteiger charge is -2.29. The van der Waals surface area contributed by atoms with E-state index in [1.807, 2.05) is 41.3 Å². The van der Waals surface area contributed by atoms with Crippen LogP contribution in [-0.2, 0) is 15.1 Å². The van der Waals surface area contributed by atoms with Crippen molar-refractivity contribution < 1.29 is 19.1 Å². The maximum atomic E-state index is 13.4. The summed E-state index contributed by atoms with van der Waals surface area (Å²) in [6, 6.07) is 11.0. The number of carbonyl (C=O) groups excluding carboxylic acids is 3. The third-order valence-corrected chi connectivity index (χ3v) is 6.95. The number of rotatable bonds is 6. The average Bonchev–Trinajstić information content (AvgIpc) is 3.63. The molecule has 7 heteroatoms. The summed E-state index contributed by atoms with van der Waals surface area (Å²) < 4.78 is 5.28. The van der Waals surface area contributed by atoms with Gasteiger partial charge in [0.05, 0.1) is 7.11 Å². The lowest BCUT2D eigenvalue weighted by molar-refractivity contribution is -0.138. The molecule has 2 aromatic carbocycles. The van der Waals surface area contributed by atoms with Gasteiger partial charge in [0.15, 0.2) is 0 Å². The molecule has 1 heterocycles. The Hall–Kier alpha value is -3.35. The zero-order chi connectivity index (χ0) is 23.2. The highest BCUT2D eigenvalue weighted by molar-refractivity contribution is 6.09. The Balaban J connectivity index is 1.38. The summed E-state index contributed by atoms with van der Waals surface area (Å²) in [5, 5.41) is 4.75. The average molecular weight is 448 g/mol. The van der Waals surface area contributed by atoms with E-state index in [0.29, 0.717) is 5.56 Å². The maximum Gasteiger partial charge on any atom is 0.325 e. The van der Waals surface area contributed by atoms with Gasteiger partial charge in [0, 0.05) is 11.7 Å². The minimum Gasteiger partial charge on any atom is -0.497 e. The first-order valence-electron chi connectivity index (χ1n) is 11.6. The number of benzene rings is 2. The van der Waals surface area contributed by atoms with Gasteiger partial charge in [-0.25, -0.2) is 4.79 Å². The molecule has 7 nitrogen and oxygen atoms in total. The number of methoxy groups -OCH3 is 1. The van der Waals surface area contributed by atoms with Crippen LogP contribution in [0.15, 0.2) is 48.2 Å². The molecular formula is C26H29N3O4. The van der Waals surface area contributed by atoms with Crippen LogP contribution in [0.25, 0.3) is 10.8 Å². The molecule has 1 saturated heterocycles. The molecule has 2 aromatic rings. The molecule has 1 saturated carbocycles. The number of nitrogens with zero attached hydrogens (tertiary/aromatic N) is 2. The van der Waals surface area contributed by atoms with Crippen LogP contribution < -0.4 is 10.1 Å². The van der Waals surface area contributed by atoms with Crippen molar-refractivity contribution in [3.8, 4) is 5.75 Å². The maximum absolute atomic E-state index is 13.4. The van der Waals surface area contributed by atoms with Crippen molar-refractivity contribution in [2.75, 3.05) is 13.7 Å². The second kappa shape index (κ2) is 8.21. The Morgan fingerprint density at radius 2 is 1.91 bits per heavy atom. The van der Waals surface area contributed by atoms with Gasteiger partial charge in [0.1, 0.15) is 17.8 Å². The van der Waals surface area contributed by atoms with Gasteiger partial charge in [0.25, 0.3) is 5.91 Å². The number of nitrogens with one attached hydrogen (secondary N) is 1. The molecule has 1 aliphatic heterocycles. The van der Waals surface area contributed by atoms with Crippen LogP contribution in [0.5, 0.6) is 5.75 Å². The summed E-state index contributed by atoms with van der Waals surface area (Å²) in [5.41, 5.74) is 0.510. The summed E-state index contributed by atoms with van der Waals surface area (Å²) >= 11 is 0. The molecule has 3 aliphatic rings. The minimum atomic E-state index is -1.22. The van der Waals surface area contributed by atoms with Crippen LogP contribution in [0.1, 0.15) is 51.0 Å². The molecule has 5 rings (SSSR count). The van der Waals surface area contributed by atoms with Crippen LogP contribution >= 0.6 is 0 Å². The highest BCUT2D eigenvalue weighted by Crippen LogP contribution is 2.35. The first kappa shape index (κ1) is 21.5. The lowest BCUT2D eigenvalue weighted by atomic mass is 9.90. The molecule has 4 amide bonds. The van der Waals surface area contributed by atoms with E-state index < -0.39 is 17.5 Å². The van der Waals surface area contributed by atoms with Gasteiger partial charge in [0.2, 0.25) is 5.91 Å². The fourth-order valence-electron chi connectivity index (χ4n) is 4.88. The van der Waals surface area contributed by atoms with Gasteiger partial charge in [-0.2, -0.15) is 0 Å². The first-order valence-corrected chi connectivity index (χ1v) is 11.6. The van der Waals surface area contributed by atoms with Gasteiger partial charge in [-0.3, -0.25) is 14.5 Å². The zero-order valence-corrected chi connectivity index (χ0v) is 19.1. The molecular weight excluding hydrogens is 418 g/mol. The highest BCUT2D eigenvalue weighted by atomic mass is 16.5. The van der Waals surface area contributed by atoms with Crippen LogP contribution in [0.3, 0.4) is 0 Å². The molecule has 0 bridgehead atoms. The van der Waals surface area contributed by atoms with Gasteiger partial charge >= 0.3 is 6.03 Å². The monoisotopic (exact) mass is 447 g/mol. The molecule has 172 valence electrons. The predicted octanol–water partition coefficient (Wildman–Crippen LogP) is 4.06. The largest absolute Gasteiger partial charge is 0.497 e. The van der Waals surface area contributed by atoms with E-state index in [9.17, 15) is 14.4 Å². The summed E-state index contributed by atoms with van der Waals surface area (Å²) in [6.45, 7) is 1.46. The molecule has 0 spiro atoms. The Morgan fingerprint density at radius 1 is 1.15 bits per heavy atom. The Morgan fingerprint density at radius 3 is 2.61 bits per heavy atom. The quantitative estimate of drug-likeness (QED) is 0.678. The van der Waals surface area contributed by atoms with E-state index in [0.717, 1.165) is 65.6 Å². The molecule has 2 aliphatic carbocycles. The van der Waals surface area contributed by atoms with E-state index in [1.165, 1.54) is 0 Å². The van der Waals surface area contributed by atoms with Crippen molar-refractivity contribution in [1.82, 2.24) is 15.1 Å². The predicted molar refractivity (Wildman–Crippen MR) is 125 cm³/mol. The second-order valence-corrected chi connectivity index (χ2v) is 9.31. The number of imide groups is 1. The van der Waals surface area contributed by atoms with E-state index >= 15 is 0 Å². The van der Waals surface area contributed by atoms with Crippen molar-refractivity contribution in [2.24, 2.45) is 0 Å². The molecule has 0 aromatic heterocycles. The summed E-state index contributed by atoms with van der Waals surface area (Å²) in [6.07, 6.45) is 8.14. The number of carbonyl (C=O) groups is 3. The second-order valence-electron chi connectivity index (χ2n) is 9.31. The smallest absolute Gasteiger partial charge is 0.325 e. The number of fused-ring (bicyclic) bond motifs is 1. The zero-order valence-electron chi connectivity index (χ0n) is 19.1. The van der Waals surface area contributed by atoms with Crippen LogP contribution in [0, 0.1) is 0 Å². The van der Waals surface area contributed by atoms with Crippen molar-refractivity contribution in [3.63, 3.8) is 0 Å². The van der Waals surface area contributed by atoms with Crippen LogP contribution in [-0.4, -0.2) is 47.3 Å². The number of hydrogen-bond acceptors (Lipinski definition) is 4. The normalized spacial score (nSPS) is 22.8. The fraction of sp³-hybridized carbons (Fsp3) is 0.423. The summed E-state index contributed by atoms with van der Waals surface area (Å²) in [4.78, 5) is 42.4. The Labute approximate surface area is 193 Å². The van der Waals surface area contributed by atoms with E-state index in [4.69, 9.17) is 4.74 Å². The topological polar surface area (TPSA) is 79.0 Å². The molecule has 33 heavy (non-hydrogen) atoms. The third-order valence-electron chi connectivity index (χ3n) is 6.95. The lowest BCUT2D eigenvalue weighted by Crippen LogP contribution is -2.45. The molecule has 0 radical (unpaired) electrons. The van der Waals surface area contributed by atoms with Crippen molar-refractivity contribution >= 4 is 28.6 Å². The van der Waals surface area contributed by atoms with Crippen LogP contribution in [0.2, 0.25) is 0 Å². The van der Waals surface area contributed by atoms with Crippen molar-refractivity contribution in [3.05, 3.63) is 53.7 Å². The number of hydrogen-bond donors (Lipinski definition) is 1.